The summed E-state index contributed by atoms with van der Waals surface area (Å²) < 4.78 is 2.41. The molecule has 0 bridgehead atoms. The van der Waals surface area contributed by atoms with Gasteiger partial charge in [0, 0.05) is 18.8 Å². The first kappa shape index (κ1) is 10.5. The first-order valence-electron chi connectivity index (χ1n) is 5.25. The van der Waals surface area contributed by atoms with Crippen molar-refractivity contribution in [3.05, 3.63) is 35.4 Å². The van der Waals surface area contributed by atoms with Crippen molar-refractivity contribution in [2.24, 2.45) is 0 Å². The minimum atomic E-state index is 0.741. The summed E-state index contributed by atoms with van der Waals surface area (Å²) in [6.45, 7) is 2.18. The molecule has 0 unspecified atom stereocenters. The summed E-state index contributed by atoms with van der Waals surface area (Å²) in [6, 6.07) is 10.0. The molecule has 2 nitrogen and oxygen atoms in total. The number of nitrogens with zero attached hydrogens (tertiary/aromatic N) is 2. The van der Waals surface area contributed by atoms with Gasteiger partial charge < -0.3 is 0 Å². The van der Waals surface area contributed by atoms with Crippen LogP contribution in [0, 0.1) is 11.3 Å². The second kappa shape index (κ2) is 5.20. The zero-order chi connectivity index (χ0) is 10.5. The van der Waals surface area contributed by atoms with Gasteiger partial charge in [-0.2, -0.15) is 5.26 Å². The topological polar surface area (TPSA) is 27.0 Å². The molecule has 1 aromatic rings. The number of rotatable bonds is 2. The molecule has 3 heteroatoms. The number of benzene rings is 1. The van der Waals surface area contributed by atoms with Crippen LogP contribution in [0.25, 0.3) is 0 Å². The van der Waals surface area contributed by atoms with Crippen LogP contribution < -0.4 is 0 Å². The SMILES string of the molecule is N#Cc1ccc(CN2CCCCS2)cc1. The first-order valence-corrected chi connectivity index (χ1v) is 6.19. The van der Waals surface area contributed by atoms with Crippen molar-refractivity contribution < 1.29 is 0 Å². The molecule has 78 valence electrons. The Morgan fingerprint density at radius 1 is 1.27 bits per heavy atom. The maximum atomic E-state index is 8.69. The Bertz CT molecular complexity index is 347. The Hall–Kier alpha value is -0.980. The lowest BCUT2D eigenvalue weighted by Gasteiger charge is -2.25. The normalized spacial score (nSPS) is 17.3. The van der Waals surface area contributed by atoms with Gasteiger partial charge in [0.1, 0.15) is 0 Å². The van der Waals surface area contributed by atoms with Crippen LogP contribution in [0.1, 0.15) is 24.0 Å². The standard InChI is InChI=1S/C12H14N2S/c13-9-11-3-5-12(6-4-11)10-14-7-1-2-8-15-14/h3-6H,1-2,7-8,10H2. The van der Waals surface area contributed by atoms with Crippen molar-refractivity contribution in [3.8, 4) is 6.07 Å². The molecule has 0 N–H and O–H groups in total. The molecule has 0 saturated carbocycles. The quantitative estimate of drug-likeness (QED) is 0.714. The van der Waals surface area contributed by atoms with Crippen molar-refractivity contribution in [2.45, 2.75) is 19.4 Å². The van der Waals surface area contributed by atoms with Gasteiger partial charge in [0.05, 0.1) is 11.6 Å². The lowest BCUT2D eigenvalue weighted by molar-refractivity contribution is 0.437. The van der Waals surface area contributed by atoms with Crippen molar-refractivity contribution >= 4 is 11.9 Å². The maximum Gasteiger partial charge on any atom is 0.0991 e. The predicted molar refractivity (Wildman–Crippen MR) is 63.3 cm³/mol. The molecule has 1 fully saturated rings. The summed E-state index contributed by atoms with van der Waals surface area (Å²) >= 11 is 1.94. The van der Waals surface area contributed by atoms with E-state index in [4.69, 9.17) is 5.26 Å². The van der Waals surface area contributed by atoms with Crippen LogP contribution in [0.5, 0.6) is 0 Å². The predicted octanol–water partition coefficient (Wildman–Crippen LogP) is 2.80. The number of hydrogen-bond donors (Lipinski definition) is 0. The van der Waals surface area contributed by atoms with E-state index in [2.05, 4.69) is 10.4 Å². The third-order valence-electron chi connectivity index (χ3n) is 2.52. The summed E-state index contributed by atoms with van der Waals surface area (Å²) in [5.74, 6) is 1.25. The molecule has 0 atom stereocenters. The van der Waals surface area contributed by atoms with E-state index in [0.29, 0.717) is 0 Å². The second-order valence-electron chi connectivity index (χ2n) is 3.71. The Kier molecular flexibility index (Phi) is 3.65. The average molecular weight is 218 g/mol. The maximum absolute atomic E-state index is 8.69. The van der Waals surface area contributed by atoms with E-state index in [0.717, 1.165) is 12.1 Å². The Labute approximate surface area is 95.0 Å². The van der Waals surface area contributed by atoms with Gasteiger partial charge in [-0.25, -0.2) is 4.31 Å². The van der Waals surface area contributed by atoms with Crippen molar-refractivity contribution in [3.63, 3.8) is 0 Å². The molecule has 0 aromatic heterocycles. The van der Waals surface area contributed by atoms with E-state index in [1.807, 2.05) is 36.2 Å². The highest BCUT2D eigenvalue weighted by molar-refractivity contribution is 7.97. The molecule has 0 spiro atoms. The molecule has 1 aliphatic rings. The molecular weight excluding hydrogens is 204 g/mol. The van der Waals surface area contributed by atoms with Crippen LogP contribution >= 0.6 is 11.9 Å². The second-order valence-corrected chi connectivity index (χ2v) is 4.90. The highest BCUT2D eigenvalue weighted by Gasteiger charge is 2.10. The number of nitriles is 1. The Morgan fingerprint density at radius 2 is 2.07 bits per heavy atom. The van der Waals surface area contributed by atoms with E-state index in [9.17, 15) is 0 Å². The molecule has 1 heterocycles. The summed E-state index contributed by atoms with van der Waals surface area (Å²) in [6.07, 6.45) is 2.65. The summed E-state index contributed by atoms with van der Waals surface area (Å²) in [7, 11) is 0. The van der Waals surface area contributed by atoms with Crippen LogP contribution in [-0.2, 0) is 6.54 Å². The van der Waals surface area contributed by atoms with Crippen molar-refractivity contribution in [1.82, 2.24) is 4.31 Å². The van der Waals surface area contributed by atoms with Crippen LogP contribution in [0.4, 0.5) is 0 Å². The van der Waals surface area contributed by atoms with Crippen molar-refractivity contribution in [1.29, 1.82) is 5.26 Å². The first-order chi connectivity index (χ1) is 7.38. The summed E-state index contributed by atoms with van der Waals surface area (Å²) in [4.78, 5) is 0. The smallest absolute Gasteiger partial charge is 0.0991 e. The van der Waals surface area contributed by atoms with E-state index in [-0.39, 0.29) is 0 Å². The monoisotopic (exact) mass is 218 g/mol. The molecule has 1 aromatic carbocycles. The zero-order valence-corrected chi connectivity index (χ0v) is 9.46. The van der Waals surface area contributed by atoms with Gasteiger partial charge in [0.15, 0.2) is 0 Å². The van der Waals surface area contributed by atoms with E-state index >= 15 is 0 Å². The Morgan fingerprint density at radius 3 is 2.67 bits per heavy atom. The minimum absolute atomic E-state index is 0.741. The lowest BCUT2D eigenvalue weighted by Crippen LogP contribution is -2.21. The van der Waals surface area contributed by atoms with Crippen LogP contribution in [0.15, 0.2) is 24.3 Å². The molecular formula is C12H14N2S. The molecule has 15 heavy (non-hydrogen) atoms. The highest BCUT2D eigenvalue weighted by atomic mass is 32.2. The molecule has 1 aliphatic heterocycles. The van der Waals surface area contributed by atoms with Gasteiger partial charge in [-0.05, 0) is 30.5 Å². The summed E-state index contributed by atoms with van der Waals surface area (Å²) in [5.41, 5.74) is 2.04. The zero-order valence-electron chi connectivity index (χ0n) is 8.65. The highest BCUT2D eigenvalue weighted by Crippen LogP contribution is 2.21. The van der Waals surface area contributed by atoms with Gasteiger partial charge in [-0.15, -0.1) is 0 Å². The average Bonchev–Trinajstić information content (AvgIpc) is 2.31. The van der Waals surface area contributed by atoms with Gasteiger partial charge in [-0.3, -0.25) is 0 Å². The fourth-order valence-electron chi connectivity index (χ4n) is 1.66. The lowest BCUT2D eigenvalue weighted by atomic mass is 10.1. The molecule has 2 rings (SSSR count). The van der Waals surface area contributed by atoms with Gasteiger partial charge in [-0.1, -0.05) is 24.1 Å². The van der Waals surface area contributed by atoms with Crippen LogP contribution in [-0.4, -0.2) is 16.6 Å². The molecule has 0 radical (unpaired) electrons. The minimum Gasteiger partial charge on any atom is -0.246 e. The van der Waals surface area contributed by atoms with E-state index < -0.39 is 0 Å². The largest absolute Gasteiger partial charge is 0.246 e. The van der Waals surface area contributed by atoms with Crippen LogP contribution in [0.3, 0.4) is 0 Å². The van der Waals surface area contributed by atoms with Gasteiger partial charge in [0.25, 0.3) is 0 Å². The fourth-order valence-corrected chi connectivity index (χ4v) is 2.75. The molecule has 1 saturated heterocycles. The van der Waals surface area contributed by atoms with Crippen LogP contribution in [0.2, 0.25) is 0 Å². The molecule has 0 amide bonds. The summed E-state index contributed by atoms with van der Waals surface area (Å²) in [5, 5.41) is 8.69. The number of hydrogen-bond acceptors (Lipinski definition) is 3. The Balaban J connectivity index is 1.95. The third kappa shape index (κ3) is 2.98. The van der Waals surface area contributed by atoms with Gasteiger partial charge in [0.2, 0.25) is 0 Å². The van der Waals surface area contributed by atoms with Crippen molar-refractivity contribution in [2.75, 3.05) is 12.3 Å². The van der Waals surface area contributed by atoms with E-state index in [1.54, 1.807) is 0 Å². The van der Waals surface area contributed by atoms with Gasteiger partial charge >= 0.3 is 0 Å². The molecule has 0 aliphatic carbocycles. The van der Waals surface area contributed by atoms with E-state index in [1.165, 1.54) is 30.7 Å². The third-order valence-corrected chi connectivity index (χ3v) is 3.67. The fraction of sp³-hybridized carbons (Fsp3) is 0.417.